The topological polar surface area (TPSA) is 12.4 Å². The van der Waals surface area contributed by atoms with Crippen LogP contribution in [-0.4, -0.2) is 13.8 Å². The lowest BCUT2D eigenvalue weighted by Gasteiger charge is -2.05. The van der Waals surface area contributed by atoms with Gasteiger partial charge in [0, 0.05) is 15.6 Å². The smallest absolute Gasteiger partial charge is 0.129 e. The molecule has 0 saturated carbocycles. The molecular weight excluding hydrogens is 329 g/mol. The van der Waals surface area contributed by atoms with Crippen LogP contribution in [0, 0.1) is 11.5 Å². The molecule has 2 rings (SSSR count). The van der Waals surface area contributed by atoms with Crippen LogP contribution in [0.1, 0.15) is 5.56 Å². The molecule has 0 saturated heterocycles. The van der Waals surface area contributed by atoms with E-state index in [1.807, 2.05) is 48.5 Å². The monoisotopic (exact) mass is 345 g/mol. The highest BCUT2D eigenvalue weighted by Crippen LogP contribution is 2.20. The predicted molar refractivity (Wildman–Crippen MR) is 100 cm³/mol. The molecule has 0 unspecified atom stereocenters. The van der Waals surface area contributed by atoms with Gasteiger partial charge in [-0.15, -0.1) is 5.54 Å². The summed E-state index contributed by atoms with van der Waals surface area (Å²) in [5, 5.41) is 1.36. The Morgan fingerprint density at radius 1 is 0.955 bits per heavy atom. The Bertz CT molecular complexity index is 747. The van der Waals surface area contributed by atoms with Crippen LogP contribution in [0.2, 0.25) is 29.7 Å². The minimum absolute atomic E-state index is 0.662. The number of aliphatic imine (C=N–C) groups is 1. The summed E-state index contributed by atoms with van der Waals surface area (Å²) in [6.07, 6.45) is 0. The zero-order valence-corrected chi connectivity index (χ0v) is 15.3. The van der Waals surface area contributed by atoms with E-state index in [2.05, 4.69) is 36.1 Å². The van der Waals surface area contributed by atoms with E-state index in [-0.39, 0.29) is 0 Å². The van der Waals surface area contributed by atoms with Gasteiger partial charge in [-0.3, -0.25) is 0 Å². The summed E-state index contributed by atoms with van der Waals surface area (Å²) in [6.45, 7) is 6.62. The third-order valence-corrected chi connectivity index (χ3v) is 4.08. The Balaban J connectivity index is 2.49. The standard InChI is InChI=1S/C18H17Cl2NSi/c1-22(2,3)12-11-18(14-7-9-15(19)10-8-14)21-17-6-4-5-16(20)13-17/h4-10,13H,1-3H3. The Kier molecular flexibility index (Phi) is 5.47. The molecule has 112 valence electrons. The maximum Gasteiger partial charge on any atom is 0.129 e. The summed E-state index contributed by atoms with van der Waals surface area (Å²) in [6, 6.07) is 15.0. The first-order valence-corrected chi connectivity index (χ1v) is 11.2. The molecular formula is C18H17Cl2NSi. The number of hydrogen-bond acceptors (Lipinski definition) is 1. The van der Waals surface area contributed by atoms with Gasteiger partial charge in [-0.2, -0.15) is 0 Å². The van der Waals surface area contributed by atoms with Crippen molar-refractivity contribution in [2.45, 2.75) is 19.6 Å². The van der Waals surface area contributed by atoms with Crippen molar-refractivity contribution in [2.75, 3.05) is 0 Å². The molecule has 0 aliphatic carbocycles. The maximum atomic E-state index is 6.03. The summed E-state index contributed by atoms with van der Waals surface area (Å²) in [5.74, 6) is 3.24. The summed E-state index contributed by atoms with van der Waals surface area (Å²) in [7, 11) is -1.49. The number of halogens is 2. The average Bonchev–Trinajstić information content (AvgIpc) is 2.43. The van der Waals surface area contributed by atoms with Crippen LogP contribution < -0.4 is 0 Å². The van der Waals surface area contributed by atoms with Crippen LogP contribution in [0.3, 0.4) is 0 Å². The quantitative estimate of drug-likeness (QED) is 0.359. The van der Waals surface area contributed by atoms with E-state index in [0.717, 1.165) is 17.0 Å². The predicted octanol–water partition coefficient (Wildman–Crippen LogP) is 6.00. The SMILES string of the molecule is C[Si](C)(C)C#CC(=Nc1cccc(Cl)c1)c1ccc(Cl)cc1. The van der Waals surface area contributed by atoms with Gasteiger partial charge in [0.25, 0.3) is 0 Å². The first kappa shape index (κ1) is 16.8. The van der Waals surface area contributed by atoms with Gasteiger partial charge in [0.05, 0.1) is 5.69 Å². The molecule has 0 N–H and O–H groups in total. The highest BCUT2D eigenvalue weighted by molar-refractivity contribution is 6.84. The molecule has 0 spiro atoms. The van der Waals surface area contributed by atoms with E-state index in [0.29, 0.717) is 10.0 Å². The fourth-order valence-electron chi connectivity index (χ4n) is 1.69. The van der Waals surface area contributed by atoms with Gasteiger partial charge in [-0.05, 0) is 30.3 Å². The van der Waals surface area contributed by atoms with Gasteiger partial charge in [-0.25, -0.2) is 4.99 Å². The highest BCUT2D eigenvalue weighted by atomic mass is 35.5. The van der Waals surface area contributed by atoms with Crippen molar-refractivity contribution in [3.05, 3.63) is 64.1 Å². The Labute approximate surface area is 143 Å². The third kappa shape index (κ3) is 5.34. The van der Waals surface area contributed by atoms with Crippen molar-refractivity contribution in [3.8, 4) is 11.5 Å². The Hall–Kier alpha value is -1.53. The number of benzene rings is 2. The molecule has 0 amide bonds. The fraction of sp³-hybridized carbons (Fsp3) is 0.167. The van der Waals surface area contributed by atoms with Crippen LogP contribution in [0.25, 0.3) is 0 Å². The molecule has 2 aromatic carbocycles. The van der Waals surface area contributed by atoms with Gasteiger partial charge < -0.3 is 0 Å². The van der Waals surface area contributed by atoms with Crippen LogP contribution in [0.4, 0.5) is 5.69 Å². The fourth-order valence-corrected chi connectivity index (χ4v) is 2.50. The van der Waals surface area contributed by atoms with Gasteiger partial charge in [-0.1, -0.05) is 67.0 Å². The molecule has 4 heteroatoms. The van der Waals surface area contributed by atoms with Crippen LogP contribution in [0.5, 0.6) is 0 Å². The second kappa shape index (κ2) is 7.15. The van der Waals surface area contributed by atoms with Gasteiger partial charge >= 0.3 is 0 Å². The maximum absolute atomic E-state index is 6.03. The Morgan fingerprint density at radius 3 is 2.23 bits per heavy atom. The van der Waals surface area contributed by atoms with Crippen molar-refractivity contribution in [3.63, 3.8) is 0 Å². The largest absolute Gasteiger partial charge is 0.239 e. The molecule has 0 bridgehead atoms. The average molecular weight is 346 g/mol. The second-order valence-electron chi connectivity index (χ2n) is 5.95. The lowest BCUT2D eigenvalue weighted by Crippen LogP contribution is -2.17. The van der Waals surface area contributed by atoms with E-state index in [1.165, 1.54) is 0 Å². The number of rotatable bonds is 2. The van der Waals surface area contributed by atoms with Gasteiger partial charge in [0.15, 0.2) is 0 Å². The van der Waals surface area contributed by atoms with Crippen LogP contribution in [-0.2, 0) is 0 Å². The first-order chi connectivity index (χ1) is 10.3. The third-order valence-electron chi connectivity index (χ3n) is 2.72. The van der Waals surface area contributed by atoms with Crippen LogP contribution in [0.15, 0.2) is 53.5 Å². The summed E-state index contributed by atoms with van der Waals surface area (Å²) >= 11 is 12.0. The molecule has 0 radical (unpaired) electrons. The molecule has 0 atom stereocenters. The lowest BCUT2D eigenvalue weighted by atomic mass is 10.1. The molecule has 1 nitrogen and oxygen atoms in total. The van der Waals surface area contributed by atoms with Crippen LogP contribution >= 0.6 is 23.2 Å². The minimum atomic E-state index is -1.49. The molecule has 2 aromatic rings. The molecule has 22 heavy (non-hydrogen) atoms. The van der Waals surface area contributed by atoms with E-state index >= 15 is 0 Å². The van der Waals surface area contributed by atoms with Crippen molar-refractivity contribution in [2.24, 2.45) is 4.99 Å². The normalized spacial score (nSPS) is 11.8. The minimum Gasteiger partial charge on any atom is -0.239 e. The molecule has 0 aliphatic heterocycles. The van der Waals surface area contributed by atoms with Gasteiger partial charge in [0.1, 0.15) is 13.8 Å². The number of nitrogens with zero attached hydrogens (tertiary/aromatic N) is 1. The molecule has 0 heterocycles. The Morgan fingerprint density at radius 2 is 1.64 bits per heavy atom. The molecule has 0 fully saturated rings. The van der Waals surface area contributed by atoms with Crippen molar-refractivity contribution < 1.29 is 0 Å². The van der Waals surface area contributed by atoms with Crippen molar-refractivity contribution in [1.82, 2.24) is 0 Å². The summed E-state index contributed by atoms with van der Waals surface area (Å²) in [4.78, 5) is 4.66. The zero-order valence-electron chi connectivity index (χ0n) is 12.8. The summed E-state index contributed by atoms with van der Waals surface area (Å²) in [5.41, 5.74) is 5.85. The zero-order chi connectivity index (χ0) is 16.2. The van der Waals surface area contributed by atoms with E-state index in [1.54, 1.807) is 0 Å². The first-order valence-electron chi connectivity index (χ1n) is 6.97. The highest BCUT2D eigenvalue weighted by Gasteiger charge is 2.09. The second-order valence-corrected chi connectivity index (χ2v) is 11.6. The van der Waals surface area contributed by atoms with E-state index < -0.39 is 8.07 Å². The van der Waals surface area contributed by atoms with Gasteiger partial charge in [0.2, 0.25) is 0 Å². The number of hydrogen-bond donors (Lipinski definition) is 0. The van der Waals surface area contributed by atoms with E-state index in [4.69, 9.17) is 23.2 Å². The molecule has 0 aliphatic rings. The van der Waals surface area contributed by atoms with Crippen molar-refractivity contribution >= 4 is 42.7 Å². The summed E-state index contributed by atoms with van der Waals surface area (Å²) < 4.78 is 0. The van der Waals surface area contributed by atoms with E-state index in [9.17, 15) is 0 Å². The van der Waals surface area contributed by atoms with Crippen molar-refractivity contribution in [1.29, 1.82) is 0 Å². The molecule has 0 aromatic heterocycles. The lowest BCUT2D eigenvalue weighted by molar-refractivity contribution is 1.51.